The molecule has 1 aliphatic carbocycles. The van der Waals surface area contributed by atoms with Gasteiger partial charge in [0.05, 0.1) is 22.6 Å². The topological polar surface area (TPSA) is 66.8 Å². The van der Waals surface area contributed by atoms with Crippen LogP contribution in [0.5, 0.6) is 11.5 Å². The van der Waals surface area contributed by atoms with Crippen LogP contribution >= 0.6 is 15.9 Å². The highest BCUT2D eigenvalue weighted by Gasteiger charge is 2.47. The van der Waals surface area contributed by atoms with Gasteiger partial charge in [-0.25, -0.2) is 4.39 Å². The number of halogens is 2. The fraction of sp³-hybridized carbons (Fsp3) is 0.462. The Hall–Kier alpha value is -1.30. The van der Waals surface area contributed by atoms with Gasteiger partial charge in [-0.2, -0.15) is 0 Å². The van der Waals surface area contributed by atoms with Gasteiger partial charge >= 0.3 is 5.97 Å². The normalized spacial score (nSPS) is 17.4. The first-order valence-electron chi connectivity index (χ1n) is 5.93. The number of phenolic OH excluding ortho intramolecular Hbond substituents is 1. The molecule has 2 N–H and O–H groups in total. The summed E-state index contributed by atoms with van der Waals surface area (Å²) in [6.45, 7) is 0. The average molecular weight is 333 g/mol. The zero-order valence-electron chi connectivity index (χ0n) is 10.4. The zero-order chi connectivity index (χ0) is 14.2. The number of benzene rings is 1. The lowest BCUT2D eigenvalue weighted by Crippen LogP contribution is -2.33. The number of aliphatic carboxylic acids is 1. The fourth-order valence-electron chi connectivity index (χ4n) is 2.79. The molecule has 0 amide bonds. The van der Waals surface area contributed by atoms with Gasteiger partial charge in [0.2, 0.25) is 0 Å². The number of hydrogen-bond donors (Lipinski definition) is 2. The van der Waals surface area contributed by atoms with Crippen LogP contribution in [0.1, 0.15) is 31.2 Å². The molecule has 1 fully saturated rings. The minimum absolute atomic E-state index is 0.0592. The van der Waals surface area contributed by atoms with Crippen LogP contribution in [0.25, 0.3) is 0 Å². The summed E-state index contributed by atoms with van der Waals surface area (Å²) in [7, 11) is 1.34. The van der Waals surface area contributed by atoms with E-state index in [-0.39, 0.29) is 15.8 Å². The maximum absolute atomic E-state index is 14.2. The number of carbonyl (C=O) groups is 1. The van der Waals surface area contributed by atoms with Crippen LogP contribution in [0.2, 0.25) is 0 Å². The fourth-order valence-corrected chi connectivity index (χ4v) is 3.34. The van der Waals surface area contributed by atoms with Crippen molar-refractivity contribution in [2.45, 2.75) is 31.1 Å². The maximum atomic E-state index is 14.2. The van der Waals surface area contributed by atoms with E-state index < -0.39 is 23.0 Å². The number of ether oxygens (including phenoxy) is 1. The Kier molecular flexibility index (Phi) is 3.71. The first-order chi connectivity index (χ1) is 8.94. The van der Waals surface area contributed by atoms with Crippen LogP contribution in [-0.2, 0) is 10.2 Å². The SMILES string of the molecule is COc1c(Br)cc(F)c(C2(C(=O)O)CCCC2)c1O. The van der Waals surface area contributed by atoms with Gasteiger partial charge in [-0.1, -0.05) is 12.8 Å². The van der Waals surface area contributed by atoms with Crippen molar-refractivity contribution in [3.05, 3.63) is 21.9 Å². The molecule has 6 heteroatoms. The highest BCUT2D eigenvalue weighted by Crippen LogP contribution is 2.50. The minimum atomic E-state index is -1.36. The lowest BCUT2D eigenvalue weighted by atomic mass is 9.78. The van der Waals surface area contributed by atoms with Crippen LogP contribution in [0.15, 0.2) is 10.5 Å². The van der Waals surface area contributed by atoms with Crippen molar-refractivity contribution in [3.63, 3.8) is 0 Å². The first-order valence-corrected chi connectivity index (χ1v) is 6.72. The number of carboxylic acids is 1. The molecule has 19 heavy (non-hydrogen) atoms. The third-order valence-corrected chi connectivity index (χ3v) is 4.30. The highest BCUT2D eigenvalue weighted by molar-refractivity contribution is 9.10. The lowest BCUT2D eigenvalue weighted by Gasteiger charge is -2.26. The second-order valence-electron chi connectivity index (χ2n) is 4.69. The molecule has 104 valence electrons. The van der Waals surface area contributed by atoms with Crippen LogP contribution in [0, 0.1) is 5.82 Å². The average Bonchev–Trinajstić information content (AvgIpc) is 2.79. The molecule has 0 bridgehead atoms. The van der Waals surface area contributed by atoms with Crippen molar-refractivity contribution in [1.29, 1.82) is 0 Å². The first kappa shape index (κ1) is 14.1. The molecule has 0 saturated heterocycles. The van der Waals surface area contributed by atoms with Crippen molar-refractivity contribution in [1.82, 2.24) is 0 Å². The van der Waals surface area contributed by atoms with Gasteiger partial charge in [0.15, 0.2) is 11.5 Å². The molecule has 2 rings (SSSR count). The molecule has 1 aliphatic rings. The van der Waals surface area contributed by atoms with Gasteiger partial charge in [0, 0.05) is 0 Å². The van der Waals surface area contributed by atoms with Gasteiger partial charge in [-0.15, -0.1) is 0 Å². The van der Waals surface area contributed by atoms with Crippen molar-refractivity contribution in [3.8, 4) is 11.5 Å². The number of phenols is 1. The number of methoxy groups -OCH3 is 1. The van der Waals surface area contributed by atoms with E-state index in [9.17, 15) is 19.4 Å². The number of hydrogen-bond acceptors (Lipinski definition) is 3. The molecule has 1 aromatic carbocycles. The zero-order valence-corrected chi connectivity index (χ0v) is 12.0. The summed E-state index contributed by atoms with van der Waals surface area (Å²) in [6.07, 6.45) is 2.03. The third-order valence-electron chi connectivity index (χ3n) is 3.71. The standard InChI is InChI=1S/C13H14BrFO4/c1-19-11-7(14)6-8(15)9(10(11)16)13(12(17)18)4-2-3-5-13/h6,16H,2-5H2,1H3,(H,17,18). The molecule has 0 unspecified atom stereocenters. The van der Waals surface area contributed by atoms with E-state index in [2.05, 4.69) is 15.9 Å². The van der Waals surface area contributed by atoms with Gasteiger partial charge in [0.1, 0.15) is 5.82 Å². The summed E-state index contributed by atoms with van der Waals surface area (Å²) in [5.74, 6) is -2.21. The third kappa shape index (κ3) is 2.08. The molecule has 4 nitrogen and oxygen atoms in total. The van der Waals surface area contributed by atoms with E-state index in [0.29, 0.717) is 25.7 Å². The van der Waals surface area contributed by atoms with Gasteiger partial charge < -0.3 is 14.9 Å². The van der Waals surface area contributed by atoms with E-state index in [1.165, 1.54) is 7.11 Å². The Morgan fingerprint density at radius 2 is 2.05 bits per heavy atom. The second kappa shape index (κ2) is 5.00. The molecular weight excluding hydrogens is 319 g/mol. The Morgan fingerprint density at radius 1 is 1.47 bits per heavy atom. The van der Waals surface area contributed by atoms with Crippen molar-refractivity contribution in [2.24, 2.45) is 0 Å². The number of rotatable bonds is 3. The molecule has 1 saturated carbocycles. The lowest BCUT2D eigenvalue weighted by molar-refractivity contribution is -0.143. The van der Waals surface area contributed by atoms with Gasteiger partial charge in [0.25, 0.3) is 0 Å². The second-order valence-corrected chi connectivity index (χ2v) is 5.55. The van der Waals surface area contributed by atoms with Crippen LogP contribution in [-0.4, -0.2) is 23.3 Å². The summed E-state index contributed by atoms with van der Waals surface area (Å²) in [6, 6.07) is 1.14. The molecule has 0 aliphatic heterocycles. The molecule has 1 aromatic rings. The van der Waals surface area contributed by atoms with Crippen molar-refractivity contribution in [2.75, 3.05) is 7.11 Å². The Labute approximate surface area is 118 Å². The number of aromatic hydroxyl groups is 1. The quantitative estimate of drug-likeness (QED) is 0.891. The Bertz CT molecular complexity index is 524. The van der Waals surface area contributed by atoms with E-state index in [4.69, 9.17) is 4.74 Å². The Balaban J connectivity index is 2.70. The monoisotopic (exact) mass is 332 g/mol. The van der Waals surface area contributed by atoms with Crippen LogP contribution in [0.4, 0.5) is 4.39 Å². The molecule has 0 spiro atoms. The predicted molar refractivity (Wildman–Crippen MR) is 70.1 cm³/mol. The van der Waals surface area contributed by atoms with Crippen LogP contribution in [0.3, 0.4) is 0 Å². The smallest absolute Gasteiger partial charge is 0.314 e. The van der Waals surface area contributed by atoms with E-state index >= 15 is 0 Å². The molecular formula is C13H14BrFO4. The summed E-state index contributed by atoms with van der Waals surface area (Å²) < 4.78 is 19.4. The number of carboxylic acid groups (broad SMARTS) is 1. The molecule has 0 aromatic heterocycles. The molecule has 0 atom stereocenters. The van der Waals surface area contributed by atoms with E-state index in [1.807, 2.05) is 0 Å². The summed E-state index contributed by atoms with van der Waals surface area (Å²) >= 11 is 3.08. The van der Waals surface area contributed by atoms with Gasteiger partial charge in [-0.05, 0) is 34.8 Å². The summed E-state index contributed by atoms with van der Waals surface area (Å²) in [5.41, 5.74) is -1.53. The van der Waals surface area contributed by atoms with Crippen molar-refractivity contribution >= 4 is 21.9 Å². The van der Waals surface area contributed by atoms with E-state index in [0.717, 1.165) is 6.07 Å². The van der Waals surface area contributed by atoms with E-state index in [1.54, 1.807) is 0 Å². The highest BCUT2D eigenvalue weighted by atomic mass is 79.9. The molecule has 0 heterocycles. The molecule has 0 radical (unpaired) electrons. The largest absolute Gasteiger partial charge is 0.504 e. The predicted octanol–water partition coefficient (Wildman–Crippen LogP) is 3.20. The van der Waals surface area contributed by atoms with Crippen LogP contribution < -0.4 is 4.74 Å². The summed E-state index contributed by atoms with van der Waals surface area (Å²) in [4.78, 5) is 11.6. The van der Waals surface area contributed by atoms with Gasteiger partial charge in [-0.3, -0.25) is 4.79 Å². The maximum Gasteiger partial charge on any atom is 0.314 e. The van der Waals surface area contributed by atoms with Crippen molar-refractivity contribution < 1.29 is 24.1 Å². The Morgan fingerprint density at radius 3 is 2.53 bits per heavy atom. The minimum Gasteiger partial charge on any atom is -0.504 e. The summed E-state index contributed by atoms with van der Waals surface area (Å²) in [5, 5.41) is 19.6.